The SMILES string of the molecule is CC(C)(C)OC(=O)COc1cc(CO)cc(CO)c1. The van der Waals surface area contributed by atoms with E-state index in [2.05, 4.69) is 0 Å². The van der Waals surface area contributed by atoms with Crippen molar-refractivity contribution in [3.8, 4) is 5.75 Å². The smallest absolute Gasteiger partial charge is 0.344 e. The van der Waals surface area contributed by atoms with Crippen molar-refractivity contribution in [3.63, 3.8) is 0 Å². The second-order valence-electron chi connectivity index (χ2n) is 5.18. The minimum Gasteiger partial charge on any atom is -0.482 e. The molecule has 0 bridgehead atoms. The molecule has 1 rings (SSSR count). The Kier molecular flexibility index (Phi) is 5.32. The number of carbonyl (C=O) groups excluding carboxylic acids is 1. The van der Waals surface area contributed by atoms with Crippen molar-refractivity contribution in [3.05, 3.63) is 29.3 Å². The van der Waals surface area contributed by atoms with Gasteiger partial charge in [0.25, 0.3) is 0 Å². The molecule has 0 atom stereocenters. The number of benzene rings is 1. The Bertz CT molecular complexity index is 412. The second-order valence-corrected chi connectivity index (χ2v) is 5.18. The van der Waals surface area contributed by atoms with Gasteiger partial charge in [0.05, 0.1) is 13.2 Å². The van der Waals surface area contributed by atoms with Crippen LogP contribution in [0.2, 0.25) is 0 Å². The predicted octanol–water partition coefficient (Wildman–Crippen LogP) is 1.39. The van der Waals surface area contributed by atoms with Crippen LogP contribution in [0.3, 0.4) is 0 Å². The van der Waals surface area contributed by atoms with Crippen molar-refractivity contribution in [2.24, 2.45) is 0 Å². The van der Waals surface area contributed by atoms with Crippen molar-refractivity contribution < 1.29 is 24.5 Å². The average molecular weight is 268 g/mol. The third-order valence-electron chi connectivity index (χ3n) is 2.17. The molecule has 0 fully saturated rings. The van der Waals surface area contributed by atoms with Crippen LogP contribution in [0.25, 0.3) is 0 Å². The summed E-state index contributed by atoms with van der Waals surface area (Å²) in [5, 5.41) is 18.2. The van der Waals surface area contributed by atoms with Gasteiger partial charge in [-0.25, -0.2) is 4.79 Å². The maximum atomic E-state index is 11.5. The van der Waals surface area contributed by atoms with Crippen molar-refractivity contribution in [1.29, 1.82) is 0 Å². The van der Waals surface area contributed by atoms with Gasteiger partial charge < -0.3 is 19.7 Å². The van der Waals surface area contributed by atoms with E-state index in [-0.39, 0.29) is 19.8 Å². The molecule has 0 aliphatic carbocycles. The lowest BCUT2D eigenvalue weighted by molar-refractivity contribution is -0.157. The standard InChI is InChI=1S/C14H20O5/c1-14(2,3)19-13(17)9-18-12-5-10(7-15)4-11(6-12)8-16/h4-6,15-16H,7-9H2,1-3H3. The summed E-state index contributed by atoms with van der Waals surface area (Å²) in [6.45, 7) is 4.81. The van der Waals surface area contributed by atoms with Crippen molar-refractivity contribution in [1.82, 2.24) is 0 Å². The van der Waals surface area contributed by atoms with Gasteiger partial charge in [-0.3, -0.25) is 0 Å². The highest BCUT2D eigenvalue weighted by Crippen LogP contribution is 2.18. The first-order valence-electron chi connectivity index (χ1n) is 6.03. The summed E-state index contributed by atoms with van der Waals surface area (Å²) in [5.74, 6) is -0.0473. The number of esters is 1. The molecule has 0 radical (unpaired) electrons. The number of aliphatic hydroxyl groups excluding tert-OH is 2. The summed E-state index contributed by atoms with van der Waals surface area (Å²) in [5.41, 5.74) is 0.681. The maximum absolute atomic E-state index is 11.5. The number of aliphatic hydroxyl groups is 2. The third-order valence-corrected chi connectivity index (χ3v) is 2.17. The van der Waals surface area contributed by atoms with E-state index in [1.54, 1.807) is 39.0 Å². The largest absolute Gasteiger partial charge is 0.482 e. The highest BCUT2D eigenvalue weighted by Gasteiger charge is 2.16. The molecule has 0 saturated heterocycles. The number of hydrogen-bond donors (Lipinski definition) is 2. The molecule has 0 heterocycles. The summed E-state index contributed by atoms with van der Waals surface area (Å²) in [6, 6.07) is 4.90. The van der Waals surface area contributed by atoms with Crippen LogP contribution >= 0.6 is 0 Å². The van der Waals surface area contributed by atoms with Crippen LogP contribution in [-0.2, 0) is 22.7 Å². The van der Waals surface area contributed by atoms with E-state index >= 15 is 0 Å². The topological polar surface area (TPSA) is 76.0 Å². The molecule has 0 saturated carbocycles. The number of ether oxygens (including phenoxy) is 2. The molecule has 1 aromatic rings. The van der Waals surface area contributed by atoms with Gasteiger partial charge in [-0.05, 0) is 44.0 Å². The van der Waals surface area contributed by atoms with E-state index in [9.17, 15) is 4.79 Å². The Hall–Kier alpha value is -1.59. The van der Waals surface area contributed by atoms with E-state index < -0.39 is 11.6 Å². The molecule has 2 N–H and O–H groups in total. The molecule has 106 valence electrons. The molecule has 0 aliphatic heterocycles. The average Bonchev–Trinajstić information content (AvgIpc) is 2.33. The van der Waals surface area contributed by atoms with Gasteiger partial charge in [0.2, 0.25) is 0 Å². The summed E-state index contributed by atoms with van der Waals surface area (Å²) in [7, 11) is 0. The zero-order valence-electron chi connectivity index (χ0n) is 11.5. The lowest BCUT2D eigenvalue weighted by Crippen LogP contribution is -2.27. The normalized spacial score (nSPS) is 11.2. The summed E-state index contributed by atoms with van der Waals surface area (Å²) < 4.78 is 10.4. The second kappa shape index (κ2) is 6.54. The van der Waals surface area contributed by atoms with Gasteiger partial charge in [0.15, 0.2) is 6.61 Å². The predicted molar refractivity (Wildman–Crippen MR) is 69.6 cm³/mol. The van der Waals surface area contributed by atoms with Gasteiger partial charge in [-0.15, -0.1) is 0 Å². The maximum Gasteiger partial charge on any atom is 0.344 e. The first kappa shape index (κ1) is 15.5. The molecule has 5 nitrogen and oxygen atoms in total. The fourth-order valence-corrected chi connectivity index (χ4v) is 1.51. The van der Waals surface area contributed by atoms with Crippen LogP contribution in [0.4, 0.5) is 0 Å². The van der Waals surface area contributed by atoms with E-state index in [0.717, 1.165) is 0 Å². The van der Waals surface area contributed by atoms with Crippen LogP contribution in [0.5, 0.6) is 5.75 Å². The van der Waals surface area contributed by atoms with E-state index in [4.69, 9.17) is 19.7 Å². The Morgan fingerprint density at radius 3 is 2.05 bits per heavy atom. The lowest BCUT2D eigenvalue weighted by atomic mass is 10.1. The minimum atomic E-state index is -0.552. The Morgan fingerprint density at radius 2 is 1.63 bits per heavy atom. The highest BCUT2D eigenvalue weighted by molar-refractivity contribution is 5.71. The number of rotatable bonds is 5. The summed E-state index contributed by atoms with van der Waals surface area (Å²) in [4.78, 5) is 11.5. The summed E-state index contributed by atoms with van der Waals surface area (Å²) >= 11 is 0. The van der Waals surface area contributed by atoms with Gasteiger partial charge in [0.1, 0.15) is 11.4 Å². The quantitative estimate of drug-likeness (QED) is 0.789. The molecule has 0 spiro atoms. The van der Waals surface area contributed by atoms with Crippen molar-refractivity contribution in [2.45, 2.75) is 39.6 Å². The van der Waals surface area contributed by atoms with Gasteiger partial charge in [-0.1, -0.05) is 6.07 Å². The van der Waals surface area contributed by atoms with Crippen LogP contribution in [-0.4, -0.2) is 28.4 Å². The third kappa shape index (κ3) is 5.72. The van der Waals surface area contributed by atoms with Crippen LogP contribution < -0.4 is 4.74 Å². The zero-order valence-corrected chi connectivity index (χ0v) is 11.5. The van der Waals surface area contributed by atoms with Crippen molar-refractivity contribution in [2.75, 3.05) is 6.61 Å². The van der Waals surface area contributed by atoms with Crippen LogP contribution in [0.1, 0.15) is 31.9 Å². The van der Waals surface area contributed by atoms with Crippen LogP contribution in [0, 0.1) is 0 Å². The van der Waals surface area contributed by atoms with Gasteiger partial charge >= 0.3 is 5.97 Å². The van der Waals surface area contributed by atoms with Crippen LogP contribution in [0.15, 0.2) is 18.2 Å². The Balaban J connectivity index is 2.64. The molecule has 0 aliphatic rings. The molecule has 19 heavy (non-hydrogen) atoms. The molecule has 0 unspecified atom stereocenters. The fourth-order valence-electron chi connectivity index (χ4n) is 1.51. The Labute approximate surface area is 112 Å². The van der Waals surface area contributed by atoms with Gasteiger partial charge in [-0.2, -0.15) is 0 Å². The number of carbonyl (C=O) groups is 1. The molecule has 0 aromatic heterocycles. The zero-order chi connectivity index (χ0) is 14.5. The van der Waals surface area contributed by atoms with Gasteiger partial charge in [0, 0.05) is 0 Å². The molecule has 1 aromatic carbocycles. The van der Waals surface area contributed by atoms with Crippen molar-refractivity contribution >= 4 is 5.97 Å². The van der Waals surface area contributed by atoms with E-state index in [1.807, 2.05) is 0 Å². The Morgan fingerprint density at radius 1 is 1.11 bits per heavy atom. The minimum absolute atomic E-state index is 0.156. The summed E-state index contributed by atoms with van der Waals surface area (Å²) in [6.07, 6.45) is 0. The molecular formula is C14H20O5. The molecule has 0 amide bonds. The highest BCUT2D eigenvalue weighted by atomic mass is 16.6. The molecular weight excluding hydrogens is 248 g/mol. The van der Waals surface area contributed by atoms with E-state index in [0.29, 0.717) is 16.9 Å². The monoisotopic (exact) mass is 268 g/mol. The first-order chi connectivity index (χ1) is 8.84. The number of hydrogen-bond acceptors (Lipinski definition) is 5. The first-order valence-corrected chi connectivity index (χ1v) is 6.03. The molecule has 5 heteroatoms. The fraction of sp³-hybridized carbons (Fsp3) is 0.500. The lowest BCUT2D eigenvalue weighted by Gasteiger charge is -2.19. The van der Waals surface area contributed by atoms with E-state index in [1.165, 1.54) is 0 Å².